The first-order valence-corrected chi connectivity index (χ1v) is 7.62. The smallest absolute Gasteiger partial charge is 0.328 e. The average Bonchev–Trinajstić information content (AvgIpc) is 2.54. The lowest BCUT2D eigenvalue weighted by Crippen LogP contribution is -2.56. The van der Waals surface area contributed by atoms with Crippen molar-refractivity contribution in [2.24, 2.45) is 27.9 Å². The molecule has 0 radical (unpaired) electrons. The minimum Gasteiger partial charge on any atom is -0.480 e. The van der Waals surface area contributed by atoms with Crippen LogP contribution in [-0.4, -0.2) is 71.1 Å². The highest BCUT2D eigenvalue weighted by Gasteiger charge is 2.28. The van der Waals surface area contributed by atoms with Gasteiger partial charge >= 0.3 is 5.97 Å². The fourth-order valence-electron chi connectivity index (χ4n) is 1.80. The molecule has 3 atom stereocenters. The lowest BCUT2D eigenvalue weighted by atomic mass is 10.1. The van der Waals surface area contributed by atoms with E-state index in [2.05, 4.69) is 10.3 Å². The maximum Gasteiger partial charge on any atom is 0.328 e. The number of carbonyl (C=O) groups excluding carboxylic acids is 3. The van der Waals surface area contributed by atoms with Gasteiger partial charge < -0.3 is 43.8 Å². The van der Waals surface area contributed by atoms with E-state index in [1.54, 1.807) is 0 Å². The number of nitrogens with zero attached hydrogens (tertiary/aromatic N) is 1. The summed E-state index contributed by atoms with van der Waals surface area (Å²) in [4.78, 5) is 49.7. The van der Waals surface area contributed by atoms with Crippen LogP contribution < -0.4 is 33.6 Å². The van der Waals surface area contributed by atoms with E-state index in [-0.39, 0.29) is 18.9 Å². The van der Waals surface area contributed by atoms with Gasteiger partial charge in [-0.2, -0.15) is 0 Å². The molecule has 26 heavy (non-hydrogen) atoms. The van der Waals surface area contributed by atoms with Crippen LogP contribution in [0.1, 0.15) is 19.3 Å². The third-order valence-corrected chi connectivity index (χ3v) is 3.14. The van der Waals surface area contributed by atoms with Gasteiger partial charge in [0.15, 0.2) is 5.96 Å². The van der Waals surface area contributed by atoms with Gasteiger partial charge in [0.1, 0.15) is 12.1 Å². The van der Waals surface area contributed by atoms with Crippen LogP contribution in [0.5, 0.6) is 0 Å². The second-order valence-electron chi connectivity index (χ2n) is 5.37. The van der Waals surface area contributed by atoms with Crippen LogP contribution in [0.4, 0.5) is 0 Å². The van der Waals surface area contributed by atoms with Crippen LogP contribution in [-0.2, 0) is 19.2 Å². The Hall–Kier alpha value is -2.93. The van der Waals surface area contributed by atoms with E-state index in [9.17, 15) is 19.2 Å². The van der Waals surface area contributed by atoms with Gasteiger partial charge in [-0.15, -0.1) is 0 Å². The normalized spacial score (nSPS) is 13.8. The zero-order valence-electron chi connectivity index (χ0n) is 14.1. The number of hydrogen-bond acceptors (Lipinski definition) is 7. The number of aliphatic hydroxyl groups is 1. The van der Waals surface area contributed by atoms with Gasteiger partial charge in [-0.3, -0.25) is 19.4 Å². The molecular formula is C13H25N7O6. The number of hydrogen-bond donors (Lipinski definition) is 8. The number of amides is 3. The fourth-order valence-corrected chi connectivity index (χ4v) is 1.80. The van der Waals surface area contributed by atoms with Crippen molar-refractivity contribution in [1.29, 1.82) is 0 Å². The summed E-state index contributed by atoms with van der Waals surface area (Å²) >= 11 is 0. The molecule has 0 aromatic rings. The summed E-state index contributed by atoms with van der Waals surface area (Å²) in [6.45, 7) is -0.617. The van der Waals surface area contributed by atoms with Crippen LogP contribution in [0.3, 0.4) is 0 Å². The van der Waals surface area contributed by atoms with E-state index in [4.69, 9.17) is 33.1 Å². The molecule has 0 aliphatic rings. The van der Waals surface area contributed by atoms with Crippen molar-refractivity contribution >= 4 is 29.7 Å². The van der Waals surface area contributed by atoms with Gasteiger partial charge in [-0.05, 0) is 12.8 Å². The molecule has 0 rings (SSSR count). The number of primary amides is 1. The Kier molecular flexibility index (Phi) is 10.3. The largest absolute Gasteiger partial charge is 0.480 e. The Labute approximate surface area is 149 Å². The molecule has 12 N–H and O–H groups in total. The first-order valence-electron chi connectivity index (χ1n) is 7.62. The van der Waals surface area contributed by atoms with E-state index in [1.807, 2.05) is 5.32 Å². The monoisotopic (exact) mass is 375 g/mol. The molecule has 0 aliphatic heterocycles. The highest BCUT2D eigenvalue weighted by Crippen LogP contribution is 1.99. The quantitative estimate of drug-likeness (QED) is 0.0924. The maximum atomic E-state index is 12.1. The Morgan fingerprint density at radius 3 is 2.04 bits per heavy atom. The van der Waals surface area contributed by atoms with Gasteiger partial charge in [-0.1, -0.05) is 0 Å². The zero-order chi connectivity index (χ0) is 20.3. The number of guanidine groups is 1. The summed E-state index contributed by atoms with van der Waals surface area (Å²) in [6.07, 6.45) is 0.0166. The van der Waals surface area contributed by atoms with Crippen LogP contribution in [0.2, 0.25) is 0 Å². The summed E-state index contributed by atoms with van der Waals surface area (Å²) in [5.74, 6) is -4.22. The van der Waals surface area contributed by atoms with E-state index in [0.29, 0.717) is 6.42 Å². The molecule has 148 valence electrons. The van der Waals surface area contributed by atoms with Crippen LogP contribution in [0.15, 0.2) is 4.99 Å². The SMILES string of the molecule is NC(=O)C[C@H](NC(=O)[C@@H](N)CCCN=C(N)N)C(=O)N[C@@H](CO)C(=O)O. The number of aliphatic carboxylic acids is 1. The molecule has 0 spiro atoms. The number of rotatable bonds is 12. The number of carboxylic acids is 1. The predicted octanol–water partition coefficient (Wildman–Crippen LogP) is -4.71. The van der Waals surface area contributed by atoms with E-state index in [0.717, 1.165) is 0 Å². The fraction of sp³-hybridized carbons (Fsp3) is 0.615. The van der Waals surface area contributed by atoms with Crippen molar-refractivity contribution in [3.8, 4) is 0 Å². The summed E-state index contributed by atoms with van der Waals surface area (Å²) in [6, 6.07) is -4.04. The minimum absolute atomic E-state index is 0.0990. The molecule has 3 amide bonds. The Morgan fingerprint density at radius 1 is 1.00 bits per heavy atom. The summed E-state index contributed by atoms with van der Waals surface area (Å²) in [5, 5.41) is 21.9. The standard InChI is InChI=1S/C13H25N7O6/c14-6(2-1-3-18-13(16)17)10(23)19-7(4-9(15)22)11(24)20-8(5-21)12(25)26/h6-8,21H,1-5,14H2,(H2,15,22)(H,19,23)(H,20,24)(H,25,26)(H4,16,17,18)/t6-,7-,8-/m0/s1. The molecule has 0 fully saturated rings. The van der Waals surface area contributed by atoms with Crippen LogP contribution >= 0.6 is 0 Å². The average molecular weight is 375 g/mol. The third kappa shape index (κ3) is 9.39. The van der Waals surface area contributed by atoms with Crippen molar-refractivity contribution < 1.29 is 29.4 Å². The van der Waals surface area contributed by atoms with Gasteiger partial charge in [0, 0.05) is 6.54 Å². The van der Waals surface area contributed by atoms with Crippen molar-refractivity contribution in [2.75, 3.05) is 13.2 Å². The highest BCUT2D eigenvalue weighted by atomic mass is 16.4. The van der Waals surface area contributed by atoms with Crippen molar-refractivity contribution in [2.45, 2.75) is 37.4 Å². The Balaban J connectivity index is 4.79. The third-order valence-electron chi connectivity index (χ3n) is 3.14. The number of aliphatic imine (C=N–C) groups is 1. The van der Waals surface area contributed by atoms with Crippen LogP contribution in [0.25, 0.3) is 0 Å². The molecule has 0 aromatic carbocycles. The minimum atomic E-state index is -1.59. The summed E-state index contributed by atoms with van der Waals surface area (Å²) in [5.41, 5.74) is 21.0. The van der Waals surface area contributed by atoms with E-state index < -0.39 is 54.8 Å². The van der Waals surface area contributed by atoms with Gasteiger partial charge in [0.05, 0.1) is 19.1 Å². The van der Waals surface area contributed by atoms with E-state index in [1.165, 1.54) is 0 Å². The molecule has 0 unspecified atom stereocenters. The van der Waals surface area contributed by atoms with Gasteiger partial charge in [0.2, 0.25) is 17.7 Å². The number of nitrogens with one attached hydrogen (secondary N) is 2. The zero-order valence-corrected chi connectivity index (χ0v) is 14.1. The Morgan fingerprint density at radius 2 is 1.58 bits per heavy atom. The van der Waals surface area contributed by atoms with Crippen LogP contribution in [0, 0.1) is 0 Å². The number of carboxylic acid groups (broad SMARTS) is 1. The number of carbonyl (C=O) groups is 4. The molecule has 0 aromatic heterocycles. The number of nitrogens with two attached hydrogens (primary N) is 4. The second-order valence-corrected chi connectivity index (χ2v) is 5.37. The van der Waals surface area contributed by atoms with E-state index >= 15 is 0 Å². The first-order chi connectivity index (χ1) is 12.1. The topological polar surface area (TPSA) is 249 Å². The van der Waals surface area contributed by atoms with Gasteiger partial charge in [0.25, 0.3) is 0 Å². The predicted molar refractivity (Wildman–Crippen MR) is 90.3 cm³/mol. The lowest BCUT2D eigenvalue weighted by Gasteiger charge is -2.21. The Bertz CT molecular complexity index is 549. The molecule has 13 nitrogen and oxygen atoms in total. The molecule has 0 aliphatic carbocycles. The molecule has 13 heteroatoms. The molecule has 0 bridgehead atoms. The summed E-state index contributed by atoms with van der Waals surface area (Å²) in [7, 11) is 0. The second kappa shape index (κ2) is 11.6. The van der Waals surface area contributed by atoms with Crippen molar-refractivity contribution in [1.82, 2.24) is 10.6 Å². The number of aliphatic hydroxyl groups excluding tert-OH is 1. The molecule has 0 heterocycles. The first kappa shape index (κ1) is 23.1. The van der Waals surface area contributed by atoms with Gasteiger partial charge in [-0.25, -0.2) is 4.79 Å². The lowest BCUT2D eigenvalue weighted by molar-refractivity contribution is -0.143. The maximum absolute atomic E-state index is 12.1. The molecule has 0 saturated heterocycles. The van der Waals surface area contributed by atoms with Crippen molar-refractivity contribution in [3.05, 3.63) is 0 Å². The highest BCUT2D eigenvalue weighted by molar-refractivity contribution is 5.94. The molecular weight excluding hydrogens is 350 g/mol. The van der Waals surface area contributed by atoms with Crippen molar-refractivity contribution in [3.63, 3.8) is 0 Å². The molecule has 0 saturated carbocycles. The summed E-state index contributed by atoms with van der Waals surface area (Å²) < 4.78 is 0.